The topological polar surface area (TPSA) is 70.0 Å². The zero-order chi connectivity index (χ0) is 24.6. The van der Waals surface area contributed by atoms with Crippen molar-refractivity contribution in [2.75, 3.05) is 13.2 Å². The number of carbonyl (C=O) groups excluding carboxylic acids is 1. The number of aromatic carboxylic acids is 1. The van der Waals surface area contributed by atoms with Gasteiger partial charge >= 0.3 is 5.97 Å². The number of rotatable bonds is 6. The summed E-state index contributed by atoms with van der Waals surface area (Å²) in [6.07, 6.45) is 4.45. The van der Waals surface area contributed by atoms with Crippen LogP contribution in [0.5, 0.6) is 0 Å². The Morgan fingerprint density at radius 3 is 2.18 bits per heavy atom. The van der Waals surface area contributed by atoms with E-state index < -0.39 is 5.97 Å². The zero-order valence-corrected chi connectivity index (χ0v) is 21.7. The number of aliphatic imine (C=N–C) groups is 1. The smallest absolute Gasteiger partial charge is 0.335 e. The Hall–Kier alpha value is -2.47. The van der Waals surface area contributed by atoms with Gasteiger partial charge in [0.2, 0.25) is 0 Å². The molecule has 0 saturated heterocycles. The van der Waals surface area contributed by atoms with Gasteiger partial charge in [-0.1, -0.05) is 60.1 Å². The average molecular weight is 471 g/mol. The van der Waals surface area contributed by atoms with Crippen molar-refractivity contribution in [3.8, 4) is 0 Å². The largest absolute Gasteiger partial charge is 0.478 e. The van der Waals surface area contributed by atoms with E-state index in [4.69, 9.17) is 5.11 Å². The predicted octanol–water partition coefficient (Wildman–Crippen LogP) is 6.62. The number of hydrogen-bond donors (Lipinski definition) is 1. The van der Waals surface area contributed by atoms with Crippen LogP contribution in [-0.2, 0) is 11.2 Å². The standard InChI is InChI=1S/C19H18N2O3S.C5H12.C3H8/c22-18-17(16-8-7-15(25-16)13-5-6-13)20-11-21(18)10-9-12-1-3-14(4-2-12)19(23)24;1-5(2,3)4;1-3-2/h1-4,7-8,13H,5-6,9-11H2,(H,23,24);1-4H3;3H2,1-2H3. The van der Waals surface area contributed by atoms with Crippen LogP contribution < -0.4 is 0 Å². The summed E-state index contributed by atoms with van der Waals surface area (Å²) in [5, 5.41) is 8.92. The second-order valence-electron chi connectivity index (χ2n) is 10.2. The summed E-state index contributed by atoms with van der Waals surface area (Å²) in [6.45, 7) is 14.0. The first-order valence-electron chi connectivity index (χ1n) is 11.8. The third-order valence-corrected chi connectivity index (χ3v) is 5.85. The molecule has 0 bridgehead atoms. The maximum atomic E-state index is 12.6. The maximum Gasteiger partial charge on any atom is 0.335 e. The molecule has 1 fully saturated rings. The molecular weight excluding hydrogens is 432 g/mol. The summed E-state index contributed by atoms with van der Waals surface area (Å²) in [6, 6.07) is 10.9. The van der Waals surface area contributed by atoms with Crippen molar-refractivity contribution in [2.45, 2.75) is 73.1 Å². The number of thiophene rings is 1. The minimum Gasteiger partial charge on any atom is -0.478 e. The highest BCUT2D eigenvalue weighted by Gasteiger charge is 2.30. The molecule has 1 aromatic heterocycles. The van der Waals surface area contributed by atoms with Crippen molar-refractivity contribution in [1.82, 2.24) is 4.90 Å². The Labute approximate surface area is 202 Å². The fraction of sp³-hybridized carbons (Fsp3) is 0.519. The van der Waals surface area contributed by atoms with Gasteiger partial charge in [-0.05, 0) is 60.4 Å². The van der Waals surface area contributed by atoms with E-state index in [0.29, 0.717) is 36.7 Å². The molecule has 1 aliphatic carbocycles. The molecular formula is C27H38N2O3S. The number of nitrogens with zero attached hydrogens (tertiary/aromatic N) is 2. The molecule has 0 atom stereocenters. The lowest BCUT2D eigenvalue weighted by Crippen LogP contribution is -2.32. The normalized spacial score (nSPS) is 15.3. The van der Waals surface area contributed by atoms with Crippen LogP contribution in [0.4, 0.5) is 0 Å². The van der Waals surface area contributed by atoms with E-state index in [0.717, 1.165) is 10.4 Å². The summed E-state index contributed by atoms with van der Waals surface area (Å²) >= 11 is 1.69. The van der Waals surface area contributed by atoms with E-state index in [9.17, 15) is 9.59 Å². The first-order chi connectivity index (χ1) is 15.5. The number of hydrogen-bond acceptors (Lipinski definition) is 4. The molecule has 1 aromatic carbocycles. The van der Waals surface area contributed by atoms with E-state index in [1.807, 2.05) is 6.07 Å². The van der Waals surface area contributed by atoms with Gasteiger partial charge in [-0.15, -0.1) is 11.3 Å². The van der Waals surface area contributed by atoms with Crippen LogP contribution in [0.2, 0.25) is 0 Å². The molecule has 1 amide bonds. The van der Waals surface area contributed by atoms with Gasteiger partial charge in [0.15, 0.2) is 0 Å². The van der Waals surface area contributed by atoms with Crippen LogP contribution in [-0.4, -0.2) is 40.8 Å². The van der Waals surface area contributed by atoms with Crippen molar-refractivity contribution >= 4 is 28.9 Å². The lowest BCUT2D eigenvalue weighted by molar-refractivity contribution is -0.122. The van der Waals surface area contributed by atoms with Crippen LogP contribution in [0.3, 0.4) is 0 Å². The van der Waals surface area contributed by atoms with Gasteiger partial charge in [-0.2, -0.15) is 0 Å². The lowest BCUT2D eigenvalue weighted by Gasteiger charge is -2.14. The van der Waals surface area contributed by atoms with Gasteiger partial charge in [0.05, 0.1) is 10.4 Å². The Balaban J connectivity index is 0.000000420. The second kappa shape index (κ2) is 12.1. The number of carboxylic acid groups (broad SMARTS) is 1. The monoisotopic (exact) mass is 470 g/mol. The number of carboxylic acids is 1. The van der Waals surface area contributed by atoms with Crippen LogP contribution in [0.25, 0.3) is 0 Å². The average Bonchev–Trinajstić information content (AvgIpc) is 3.35. The Morgan fingerprint density at radius 1 is 1.09 bits per heavy atom. The second-order valence-corrected chi connectivity index (χ2v) is 11.3. The summed E-state index contributed by atoms with van der Waals surface area (Å²) in [4.78, 5) is 32.0. The summed E-state index contributed by atoms with van der Waals surface area (Å²) in [5.74, 6) is -0.243. The van der Waals surface area contributed by atoms with Crippen molar-refractivity contribution in [1.29, 1.82) is 0 Å². The molecule has 2 aliphatic rings. The molecule has 2 aromatic rings. The van der Waals surface area contributed by atoms with Crippen molar-refractivity contribution < 1.29 is 14.7 Å². The van der Waals surface area contributed by atoms with E-state index in [1.165, 1.54) is 24.1 Å². The molecule has 0 spiro atoms. The van der Waals surface area contributed by atoms with Crippen molar-refractivity contribution in [3.05, 3.63) is 57.3 Å². The molecule has 0 unspecified atom stereocenters. The molecule has 6 heteroatoms. The molecule has 1 N–H and O–H groups in total. The third kappa shape index (κ3) is 9.12. The first-order valence-corrected chi connectivity index (χ1v) is 12.6. The van der Waals surface area contributed by atoms with Gasteiger partial charge in [-0.3, -0.25) is 9.79 Å². The minimum atomic E-state index is -0.930. The number of amides is 1. The van der Waals surface area contributed by atoms with Gasteiger partial charge in [-0.25, -0.2) is 4.79 Å². The molecule has 1 aliphatic heterocycles. The van der Waals surface area contributed by atoms with Crippen LogP contribution in [0.15, 0.2) is 41.4 Å². The van der Waals surface area contributed by atoms with Crippen LogP contribution >= 0.6 is 11.3 Å². The highest BCUT2D eigenvalue weighted by atomic mass is 32.1. The van der Waals surface area contributed by atoms with E-state index in [-0.39, 0.29) is 11.5 Å². The summed E-state index contributed by atoms with van der Waals surface area (Å²) in [5.41, 5.74) is 2.37. The van der Waals surface area contributed by atoms with Crippen molar-refractivity contribution in [3.63, 3.8) is 0 Å². The van der Waals surface area contributed by atoms with Gasteiger partial charge in [0.1, 0.15) is 12.4 Å². The molecule has 5 nitrogen and oxygen atoms in total. The molecule has 33 heavy (non-hydrogen) atoms. The predicted molar refractivity (Wildman–Crippen MR) is 138 cm³/mol. The SMILES string of the molecule is CC(C)(C)C.CCC.O=C(O)c1ccc(CCN2CN=C(c3ccc(C4CC4)s3)C2=O)cc1. The van der Waals surface area contributed by atoms with Crippen LogP contribution in [0, 0.1) is 5.41 Å². The molecule has 1 saturated carbocycles. The van der Waals surface area contributed by atoms with Crippen molar-refractivity contribution in [2.24, 2.45) is 10.4 Å². The highest BCUT2D eigenvalue weighted by molar-refractivity contribution is 7.15. The fourth-order valence-corrected chi connectivity index (χ4v) is 4.12. The molecule has 2 heterocycles. The van der Waals surface area contributed by atoms with Gasteiger partial charge in [0.25, 0.3) is 5.91 Å². The Bertz CT molecular complexity index is 944. The Kier molecular flexibility index (Phi) is 9.84. The quantitative estimate of drug-likeness (QED) is 0.515. The van der Waals surface area contributed by atoms with Crippen LogP contribution in [0.1, 0.15) is 92.4 Å². The summed E-state index contributed by atoms with van der Waals surface area (Å²) < 4.78 is 0. The molecule has 4 rings (SSSR count). The minimum absolute atomic E-state index is 0.00801. The zero-order valence-electron chi connectivity index (χ0n) is 20.9. The fourth-order valence-electron chi connectivity index (χ4n) is 2.94. The lowest BCUT2D eigenvalue weighted by atomic mass is 10.0. The summed E-state index contributed by atoms with van der Waals surface area (Å²) in [7, 11) is 0. The number of benzene rings is 1. The van der Waals surface area contributed by atoms with Gasteiger partial charge in [0, 0.05) is 11.4 Å². The molecule has 180 valence electrons. The highest BCUT2D eigenvalue weighted by Crippen LogP contribution is 2.43. The van der Waals surface area contributed by atoms with Gasteiger partial charge < -0.3 is 10.0 Å². The van der Waals surface area contributed by atoms with E-state index >= 15 is 0 Å². The number of carbonyl (C=O) groups is 2. The first kappa shape index (κ1) is 26.8. The maximum absolute atomic E-state index is 12.6. The Morgan fingerprint density at radius 2 is 1.67 bits per heavy atom. The third-order valence-electron chi connectivity index (χ3n) is 4.60. The van der Waals surface area contributed by atoms with E-state index in [2.05, 4.69) is 52.6 Å². The van der Waals surface area contributed by atoms with E-state index in [1.54, 1.807) is 40.5 Å². The molecule has 0 radical (unpaired) electrons.